The third-order valence-corrected chi connectivity index (χ3v) is 6.21. The maximum Gasteiger partial charge on any atom is 0.267 e. The molecule has 2 aromatic rings. The van der Waals surface area contributed by atoms with Gasteiger partial charge < -0.3 is 10.5 Å². The van der Waals surface area contributed by atoms with Crippen LogP contribution in [0.4, 0.5) is 0 Å². The van der Waals surface area contributed by atoms with Crippen LogP contribution in [0.5, 0.6) is 0 Å². The molecule has 28 heavy (non-hydrogen) atoms. The summed E-state index contributed by atoms with van der Waals surface area (Å²) in [6, 6.07) is 7.93. The van der Waals surface area contributed by atoms with Crippen LogP contribution in [0.3, 0.4) is 0 Å². The fraction of sp³-hybridized carbons (Fsp3) is 0.500. The number of nitrogens with two attached hydrogens (primary N) is 1. The number of rotatable bonds is 5. The maximum absolute atomic E-state index is 11.6. The molecule has 6 heteroatoms. The molecule has 0 spiro atoms. The van der Waals surface area contributed by atoms with Crippen LogP contribution < -0.4 is 5.73 Å². The highest BCUT2D eigenvalue weighted by Gasteiger charge is 2.53. The van der Waals surface area contributed by atoms with Gasteiger partial charge in [0.15, 0.2) is 0 Å². The Kier molecular flexibility index (Phi) is 6.10. The van der Waals surface area contributed by atoms with Gasteiger partial charge in [-0.05, 0) is 42.2 Å². The van der Waals surface area contributed by atoms with Crippen molar-refractivity contribution in [1.29, 1.82) is 0 Å². The van der Waals surface area contributed by atoms with Crippen molar-refractivity contribution in [3.05, 3.63) is 59.7 Å². The fourth-order valence-electron chi connectivity index (χ4n) is 5.13. The zero-order valence-electron chi connectivity index (χ0n) is 15.7. The maximum atomic E-state index is 11.6. The molecule has 2 aliphatic rings. The van der Waals surface area contributed by atoms with E-state index in [1.807, 2.05) is 30.6 Å². The first-order chi connectivity index (χ1) is 13.1. The molecule has 2 aromatic heterocycles. The smallest absolute Gasteiger partial charge is 0.267 e. The molecule has 1 amide bonds. The average Bonchev–Trinajstić information content (AvgIpc) is 2.68. The lowest BCUT2D eigenvalue weighted by atomic mass is 9.62. The zero-order valence-corrected chi connectivity index (χ0v) is 15.7. The van der Waals surface area contributed by atoms with Gasteiger partial charge in [-0.15, -0.1) is 0 Å². The number of nitrogens with zero attached hydrogens (tertiary/aromatic N) is 3. The molecule has 3 heterocycles. The number of hydrogen-bond acceptors (Lipinski definition) is 5. The molecule has 0 radical (unpaired) electrons. The number of carbonyl (C=O) groups is 1. The molecule has 1 aliphatic carbocycles. The van der Waals surface area contributed by atoms with E-state index in [1.165, 1.54) is 12.0 Å². The summed E-state index contributed by atoms with van der Waals surface area (Å²) < 4.78 is 6.25. The number of methoxy groups -OCH3 is 1. The van der Waals surface area contributed by atoms with Gasteiger partial charge in [0.25, 0.3) is 5.91 Å². The van der Waals surface area contributed by atoms with Crippen LogP contribution in [0, 0.1) is 11.8 Å². The average molecular weight is 383 g/mol. The van der Waals surface area contributed by atoms with Crippen LogP contribution in [0.15, 0.2) is 42.9 Å². The molecule has 2 fully saturated rings. The Bertz CT molecular complexity index is 797. The number of carbonyl (C=O) groups excluding carboxylic acids is 1. The molecule has 4 rings (SSSR count). The van der Waals surface area contributed by atoms with Crippen LogP contribution in [-0.4, -0.2) is 41.0 Å². The molecule has 1 saturated heterocycles. The monoisotopic (exact) mass is 382 g/mol. The summed E-state index contributed by atoms with van der Waals surface area (Å²) in [7, 11) is 1.80. The zero-order chi connectivity index (χ0) is 18.9. The van der Waals surface area contributed by atoms with E-state index in [4.69, 9.17) is 10.5 Å². The highest BCUT2D eigenvalue weighted by molar-refractivity contribution is 5.90. The van der Waals surface area contributed by atoms with Crippen LogP contribution in [0.25, 0.3) is 0 Å². The third kappa shape index (κ3) is 3.54. The van der Waals surface area contributed by atoms with Crippen molar-refractivity contribution in [1.82, 2.24) is 14.9 Å². The second-order valence-corrected chi connectivity index (χ2v) is 7.67. The van der Waals surface area contributed by atoms with Crippen LogP contribution >= 0.6 is 0 Å². The van der Waals surface area contributed by atoms with E-state index < -0.39 is 5.91 Å². The molecule has 0 aromatic carbocycles. The van der Waals surface area contributed by atoms with Gasteiger partial charge in [-0.25, -0.2) is 0 Å². The number of amides is 1. The van der Waals surface area contributed by atoms with Crippen molar-refractivity contribution in [2.45, 2.75) is 38.8 Å². The predicted molar refractivity (Wildman–Crippen MR) is 109 cm³/mol. The summed E-state index contributed by atoms with van der Waals surface area (Å²) in [5.41, 5.74) is 7.66. The largest absolute Gasteiger partial charge is 0.373 e. The standard InChI is InChI=1S/C21H26N4O2.CH4/c1-27-21(16-7-9-24-19(10-16)20(22)26)17-5-2-6-18(21)14-25(13-17)12-15-4-3-8-23-11-15;/h3-4,7-11,17-18H,2,5-6,12-14H2,1H3,(H2,22,26);1H4. The molecule has 1 aliphatic heterocycles. The van der Waals surface area contributed by atoms with E-state index >= 15 is 0 Å². The third-order valence-electron chi connectivity index (χ3n) is 6.21. The number of piperidine rings is 1. The molecule has 2 atom stereocenters. The minimum absolute atomic E-state index is 0. The van der Waals surface area contributed by atoms with Crippen molar-refractivity contribution in [3.63, 3.8) is 0 Å². The number of fused-ring (bicyclic) bond motifs is 2. The quantitative estimate of drug-likeness (QED) is 0.860. The summed E-state index contributed by atoms with van der Waals surface area (Å²) in [5, 5.41) is 0. The second-order valence-electron chi connectivity index (χ2n) is 7.67. The van der Waals surface area contributed by atoms with Gasteiger partial charge in [-0.3, -0.25) is 19.7 Å². The van der Waals surface area contributed by atoms with Crippen molar-refractivity contribution in [2.24, 2.45) is 17.6 Å². The molecule has 1 saturated carbocycles. The number of pyridine rings is 2. The van der Waals surface area contributed by atoms with Gasteiger partial charge >= 0.3 is 0 Å². The Hall–Kier alpha value is -2.31. The summed E-state index contributed by atoms with van der Waals surface area (Å²) in [5.74, 6) is 0.242. The van der Waals surface area contributed by atoms with Gasteiger partial charge in [0, 0.05) is 57.2 Å². The van der Waals surface area contributed by atoms with E-state index in [0.29, 0.717) is 17.5 Å². The minimum Gasteiger partial charge on any atom is -0.373 e. The molecular formula is C22H30N4O2. The van der Waals surface area contributed by atoms with Gasteiger partial charge in [0.2, 0.25) is 0 Å². The van der Waals surface area contributed by atoms with Crippen molar-refractivity contribution < 1.29 is 9.53 Å². The van der Waals surface area contributed by atoms with Gasteiger partial charge in [-0.1, -0.05) is 19.9 Å². The van der Waals surface area contributed by atoms with Gasteiger partial charge in [-0.2, -0.15) is 0 Å². The Morgan fingerprint density at radius 2 is 2.04 bits per heavy atom. The Balaban J connectivity index is 0.00000225. The van der Waals surface area contributed by atoms with Crippen LogP contribution in [0.2, 0.25) is 0 Å². The van der Waals surface area contributed by atoms with Gasteiger partial charge in [0.1, 0.15) is 11.3 Å². The summed E-state index contributed by atoms with van der Waals surface area (Å²) in [6.07, 6.45) is 8.87. The Morgan fingerprint density at radius 3 is 2.64 bits per heavy atom. The number of ether oxygens (including phenoxy) is 1. The molecular weight excluding hydrogens is 352 g/mol. The van der Waals surface area contributed by atoms with E-state index in [9.17, 15) is 4.79 Å². The van der Waals surface area contributed by atoms with Crippen molar-refractivity contribution in [2.75, 3.05) is 20.2 Å². The highest BCUT2D eigenvalue weighted by atomic mass is 16.5. The topological polar surface area (TPSA) is 81.3 Å². The predicted octanol–water partition coefficient (Wildman–Crippen LogP) is 2.99. The first kappa shape index (κ1) is 20.4. The SMILES string of the molecule is C.COC1(c2ccnc(C(N)=O)c2)C2CCCC1CN(Cc1cccnc1)C2. The first-order valence-electron chi connectivity index (χ1n) is 9.56. The van der Waals surface area contributed by atoms with Gasteiger partial charge in [0.05, 0.1) is 0 Å². The first-order valence-corrected chi connectivity index (χ1v) is 9.56. The molecule has 2 N–H and O–H groups in total. The second kappa shape index (κ2) is 8.37. The number of likely N-dealkylation sites (tertiary alicyclic amines) is 1. The highest BCUT2D eigenvalue weighted by Crippen LogP contribution is 2.51. The Morgan fingerprint density at radius 1 is 1.29 bits per heavy atom. The van der Waals surface area contributed by atoms with E-state index in [2.05, 4.69) is 20.9 Å². The van der Waals surface area contributed by atoms with E-state index in [0.717, 1.165) is 38.0 Å². The molecule has 2 unspecified atom stereocenters. The van der Waals surface area contributed by atoms with Crippen LogP contribution in [-0.2, 0) is 16.9 Å². The lowest BCUT2D eigenvalue weighted by Gasteiger charge is -2.55. The van der Waals surface area contributed by atoms with Crippen molar-refractivity contribution in [3.8, 4) is 0 Å². The van der Waals surface area contributed by atoms with E-state index in [-0.39, 0.29) is 13.0 Å². The number of hydrogen-bond donors (Lipinski definition) is 1. The summed E-state index contributed by atoms with van der Waals surface area (Å²) >= 11 is 0. The van der Waals surface area contributed by atoms with Crippen molar-refractivity contribution >= 4 is 5.91 Å². The molecule has 6 nitrogen and oxygen atoms in total. The van der Waals surface area contributed by atoms with Crippen LogP contribution in [0.1, 0.15) is 48.3 Å². The lowest BCUT2D eigenvalue weighted by Crippen LogP contribution is -2.58. The Labute approximate surface area is 167 Å². The summed E-state index contributed by atoms with van der Waals surface area (Å²) in [4.78, 5) is 22.5. The summed E-state index contributed by atoms with van der Waals surface area (Å²) in [6.45, 7) is 2.84. The minimum atomic E-state index is -0.498. The molecule has 2 bridgehead atoms. The lowest BCUT2D eigenvalue weighted by molar-refractivity contribution is -0.170. The number of primary amides is 1. The van der Waals surface area contributed by atoms with E-state index in [1.54, 1.807) is 13.3 Å². The normalized spacial score (nSPS) is 27.0. The molecule has 150 valence electrons. The number of aromatic nitrogens is 2. The fourth-order valence-corrected chi connectivity index (χ4v) is 5.13.